The van der Waals surface area contributed by atoms with Crippen molar-refractivity contribution >= 4 is 45.9 Å². The predicted molar refractivity (Wildman–Crippen MR) is 106 cm³/mol. The fourth-order valence-corrected chi connectivity index (χ4v) is 3.80. The summed E-state index contributed by atoms with van der Waals surface area (Å²) in [5.41, 5.74) is 8.94. The fraction of sp³-hybridized carbons (Fsp3) is 0.167. The Labute approximate surface area is 154 Å². The second-order valence-corrected chi connectivity index (χ2v) is 7.14. The minimum Gasteiger partial charge on any atom is -0.399 e. The van der Waals surface area contributed by atoms with Crippen LogP contribution in [0.3, 0.4) is 0 Å². The quantitative estimate of drug-likeness (QED) is 0.616. The van der Waals surface area contributed by atoms with Gasteiger partial charge in [0.05, 0.1) is 10.3 Å². The predicted octanol–water partition coefficient (Wildman–Crippen LogP) is 2.88. The van der Waals surface area contributed by atoms with Crippen molar-refractivity contribution in [1.82, 2.24) is 15.0 Å². The van der Waals surface area contributed by atoms with Crippen LogP contribution in [0.1, 0.15) is 5.56 Å². The zero-order chi connectivity index (χ0) is 18.1. The van der Waals surface area contributed by atoms with Gasteiger partial charge in [0.25, 0.3) is 5.91 Å². The number of anilines is 3. The van der Waals surface area contributed by atoms with Gasteiger partial charge in [0.15, 0.2) is 0 Å². The summed E-state index contributed by atoms with van der Waals surface area (Å²) in [6.07, 6.45) is 5.30. The number of nitrogens with two attached hydrogens (primary N) is 1. The Morgan fingerprint density at radius 2 is 2.27 bits per heavy atom. The molecule has 2 aromatic heterocycles. The number of carbonyl (C=O) groups is 1. The van der Waals surface area contributed by atoms with Crippen LogP contribution in [0.5, 0.6) is 0 Å². The van der Waals surface area contributed by atoms with Gasteiger partial charge in [-0.3, -0.25) is 4.79 Å². The molecular formula is C18H18N6OS. The molecule has 1 aliphatic heterocycles. The molecular weight excluding hydrogens is 348 g/mol. The summed E-state index contributed by atoms with van der Waals surface area (Å²) >= 11 is 1.53. The number of carbonyl (C=O) groups excluding carboxylic acids is 1. The summed E-state index contributed by atoms with van der Waals surface area (Å²) in [5.74, 6) is 1.45. The fourth-order valence-electron chi connectivity index (χ4n) is 2.91. The van der Waals surface area contributed by atoms with Crippen molar-refractivity contribution < 1.29 is 4.79 Å². The summed E-state index contributed by atoms with van der Waals surface area (Å²) in [6.45, 7) is 2.79. The highest BCUT2D eigenvalue weighted by Crippen LogP contribution is 2.31. The van der Waals surface area contributed by atoms with Crippen molar-refractivity contribution in [3.63, 3.8) is 0 Å². The molecule has 0 bridgehead atoms. The van der Waals surface area contributed by atoms with Gasteiger partial charge in [0.1, 0.15) is 17.8 Å². The Bertz CT molecular complexity index is 1010. The summed E-state index contributed by atoms with van der Waals surface area (Å²) in [4.78, 5) is 27.1. The summed E-state index contributed by atoms with van der Waals surface area (Å²) in [5, 5.41) is 3.87. The van der Waals surface area contributed by atoms with Gasteiger partial charge in [0, 0.05) is 36.1 Å². The molecule has 4 N–H and O–H groups in total. The standard InChI is InChI=1S/C18H18N6OS/c1-11-8-20-16-15(11)17(22-10-21-16)24-5-6-26-14(9-24)18(25)23-13-4-2-3-12(19)7-13/h2-4,7-10H,5-6,19H2,1H3,(H,23,25)(H,20,21,22). The van der Waals surface area contributed by atoms with Crippen molar-refractivity contribution in [2.75, 3.05) is 28.2 Å². The number of nitrogens with one attached hydrogen (secondary N) is 2. The van der Waals surface area contributed by atoms with E-state index in [-0.39, 0.29) is 5.91 Å². The summed E-state index contributed by atoms with van der Waals surface area (Å²) < 4.78 is 0. The highest BCUT2D eigenvalue weighted by atomic mass is 32.2. The van der Waals surface area contributed by atoms with Gasteiger partial charge < -0.3 is 20.9 Å². The van der Waals surface area contributed by atoms with E-state index in [2.05, 4.69) is 20.3 Å². The number of H-pyrrole nitrogens is 1. The molecule has 0 unspecified atom stereocenters. The van der Waals surface area contributed by atoms with Crippen LogP contribution in [-0.4, -0.2) is 33.2 Å². The number of nitrogens with zero attached hydrogens (tertiary/aromatic N) is 3. The van der Waals surface area contributed by atoms with E-state index in [0.717, 1.165) is 34.7 Å². The molecule has 1 aromatic carbocycles. The first-order valence-electron chi connectivity index (χ1n) is 8.18. The van der Waals surface area contributed by atoms with E-state index in [0.29, 0.717) is 16.3 Å². The van der Waals surface area contributed by atoms with Crippen molar-refractivity contribution in [3.8, 4) is 0 Å². The SMILES string of the molecule is Cc1c[nH]c2ncnc(N3C=C(C(=O)Nc4cccc(N)c4)SCC3)c12. The molecule has 4 rings (SSSR count). The lowest BCUT2D eigenvalue weighted by molar-refractivity contribution is -0.112. The summed E-state index contributed by atoms with van der Waals surface area (Å²) in [6, 6.07) is 7.15. The Hall–Kier alpha value is -3.00. The second-order valence-electron chi connectivity index (χ2n) is 6.01. The number of rotatable bonds is 3. The maximum absolute atomic E-state index is 12.6. The molecule has 3 heterocycles. The van der Waals surface area contributed by atoms with Crippen molar-refractivity contribution in [3.05, 3.63) is 53.5 Å². The zero-order valence-electron chi connectivity index (χ0n) is 14.2. The number of hydrogen-bond donors (Lipinski definition) is 3. The molecule has 3 aromatic rings. The molecule has 0 saturated carbocycles. The van der Waals surface area contributed by atoms with Crippen molar-refractivity contribution in [2.45, 2.75) is 6.92 Å². The number of thioether (sulfide) groups is 1. The highest BCUT2D eigenvalue weighted by Gasteiger charge is 2.21. The minimum absolute atomic E-state index is 0.151. The van der Waals surface area contributed by atoms with Gasteiger partial charge in [-0.15, -0.1) is 11.8 Å². The molecule has 8 heteroatoms. The number of aromatic amines is 1. The van der Waals surface area contributed by atoms with E-state index >= 15 is 0 Å². The molecule has 0 spiro atoms. The number of aromatic nitrogens is 3. The van der Waals surface area contributed by atoms with Crippen LogP contribution >= 0.6 is 11.8 Å². The van der Waals surface area contributed by atoms with Gasteiger partial charge in [0.2, 0.25) is 0 Å². The lowest BCUT2D eigenvalue weighted by Crippen LogP contribution is -2.27. The number of aryl methyl sites for hydroxylation is 1. The van der Waals surface area contributed by atoms with E-state index < -0.39 is 0 Å². The van der Waals surface area contributed by atoms with E-state index in [1.807, 2.05) is 36.4 Å². The highest BCUT2D eigenvalue weighted by molar-refractivity contribution is 8.04. The molecule has 132 valence electrons. The molecule has 0 fully saturated rings. The molecule has 0 atom stereocenters. The average molecular weight is 366 g/mol. The number of fused-ring (bicyclic) bond motifs is 1. The maximum Gasteiger partial charge on any atom is 0.263 e. The molecule has 1 amide bonds. The Morgan fingerprint density at radius 3 is 3.12 bits per heavy atom. The molecule has 26 heavy (non-hydrogen) atoms. The van der Waals surface area contributed by atoms with Crippen LogP contribution in [0.15, 0.2) is 47.9 Å². The topological polar surface area (TPSA) is 99.9 Å². The number of nitrogen functional groups attached to an aromatic ring is 1. The second kappa shape index (κ2) is 6.72. The molecule has 0 saturated heterocycles. The van der Waals surface area contributed by atoms with Crippen LogP contribution in [0.25, 0.3) is 11.0 Å². The van der Waals surface area contributed by atoms with Crippen LogP contribution < -0.4 is 16.0 Å². The molecule has 0 radical (unpaired) electrons. The first kappa shape index (κ1) is 16.5. The maximum atomic E-state index is 12.6. The average Bonchev–Trinajstić information content (AvgIpc) is 3.03. The lowest BCUT2D eigenvalue weighted by Gasteiger charge is -2.25. The van der Waals surface area contributed by atoms with Gasteiger partial charge in [-0.1, -0.05) is 6.07 Å². The first-order valence-corrected chi connectivity index (χ1v) is 9.17. The number of amides is 1. The third kappa shape index (κ3) is 3.11. The van der Waals surface area contributed by atoms with E-state index in [4.69, 9.17) is 5.73 Å². The van der Waals surface area contributed by atoms with E-state index in [1.165, 1.54) is 18.1 Å². The zero-order valence-corrected chi connectivity index (χ0v) is 15.0. The third-order valence-corrected chi connectivity index (χ3v) is 5.14. The Morgan fingerprint density at radius 1 is 1.38 bits per heavy atom. The largest absolute Gasteiger partial charge is 0.399 e. The summed E-state index contributed by atoms with van der Waals surface area (Å²) in [7, 11) is 0. The van der Waals surface area contributed by atoms with Gasteiger partial charge >= 0.3 is 0 Å². The van der Waals surface area contributed by atoms with Gasteiger partial charge in [-0.05, 0) is 30.7 Å². The van der Waals surface area contributed by atoms with Gasteiger partial charge in [-0.25, -0.2) is 9.97 Å². The number of benzene rings is 1. The Balaban J connectivity index is 1.63. The third-order valence-electron chi connectivity index (χ3n) is 4.15. The normalized spacial score (nSPS) is 14.3. The van der Waals surface area contributed by atoms with Crippen LogP contribution in [-0.2, 0) is 4.79 Å². The molecule has 1 aliphatic rings. The molecule has 7 nitrogen and oxygen atoms in total. The molecule has 0 aliphatic carbocycles. The van der Waals surface area contributed by atoms with E-state index in [9.17, 15) is 4.79 Å². The van der Waals surface area contributed by atoms with Crippen LogP contribution in [0.4, 0.5) is 17.2 Å². The van der Waals surface area contributed by atoms with Crippen LogP contribution in [0.2, 0.25) is 0 Å². The van der Waals surface area contributed by atoms with Crippen molar-refractivity contribution in [2.24, 2.45) is 0 Å². The number of hydrogen-bond acceptors (Lipinski definition) is 6. The Kier molecular flexibility index (Phi) is 4.26. The van der Waals surface area contributed by atoms with Crippen molar-refractivity contribution in [1.29, 1.82) is 0 Å². The first-order chi connectivity index (χ1) is 12.6. The van der Waals surface area contributed by atoms with Gasteiger partial charge in [-0.2, -0.15) is 0 Å². The smallest absolute Gasteiger partial charge is 0.263 e. The van der Waals surface area contributed by atoms with Crippen LogP contribution in [0, 0.1) is 6.92 Å². The van der Waals surface area contributed by atoms with E-state index in [1.54, 1.807) is 12.1 Å². The monoisotopic (exact) mass is 366 g/mol. The lowest BCUT2D eigenvalue weighted by atomic mass is 10.2. The minimum atomic E-state index is -0.151.